The van der Waals surface area contributed by atoms with Gasteiger partial charge in [-0.1, -0.05) is 50.3 Å². The molecule has 1 aliphatic rings. The first-order valence-electron chi connectivity index (χ1n) is 10.6. The van der Waals surface area contributed by atoms with E-state index < -0.39 is 12.1 Å². The summed E-state index contributed by atoms with van der Waals surface area (Å²) in [6.07, 6.45) is 4.95. The molecule has 1 aliphatic heterocycles. The summed E-state index contributed by atoms with van der Waals surface area (Å²) in [5.74, 6) is 0.184. The number of amides is 2. The zero-order valence-corrected chi connectivity index (χ0v) is 17.7. The van der Waals surface area contributed by atoms with Gasteiger partial charge in [0.2, 0.25) is 11.8 Å². The Kier molecular flexibility index (Phi) is 5.80. The number of aromatic hydroxyl groups is 1. The molecule has 0 bridgehead atoms. The van der Waals surface area contributed by atoms with Crippen LogP contribution in [0.15, 0.2) is 54.6 Å². The van der Waals surface area contributed by atoms with Gasteiger partial charge in [-0.25, -0.2) is 0 Å². The number of para-hydroxylation sites is 1. The molecule has 2 amide bonds. The number of hydrogen-bond acceptors (Lipinski definition) is 3. The Hall–Kier alpha value is -3.54. The van der Waals surface area contributed by atoms with Gasteiger partial charge in [0.05, 0.1) is 0 Å². The van der Waals surface area contributed by atoms with Crippen molar-refractivity contribution >= 4 is 28.8 Å². The summed E-state index contributed by atoms with van der Waals surface area (Å²) in [4.78, 5) is 29.0. The summed E-state index contributed by atoms with van der Waals surface area (Å²) >= 11 is 0. The predicted octanol–water partition coefficient (Wildman–Crippen LogP) is 3.31. The van der Waals surface area contributed by atoms with Gasteiger partial charge in [-0.05, 0) is 41.3 Å². The maximum absolute atomic E-state index is 12.8. The van der Waals surface area contributed by atoms with E-state index in [4.69, 9.17) is 0 Å². The average Bonchev–Trinajstić information content (AvgIpc) is 3.09. The normalized spacial score (nSPS) is 19.2. The third kappa shape index (κ3) is 4.63. The Morgan fingerprint density at radius 3 is 2.26 bits per heavy atom. The number of rotatable bonds is 6. The summed E-state index contributed by atoms with van der Waals surface area (Å²) in [6.45, 7) is 4.23. The van der Waals surface area contributed by atoms with E-state index in [1.54, 1.807) is 24.3 Å². The average molecular weight is 418 g/mol. The van der Waals surface area contributed by atoms with Crippen molar-refractivity contribution in [3.63, 3.8) is 0 Å². The zero-order valence-electron chi connectivity index (χ0n) is 17.7. The third-order valence-electron chi connectivity index (χ3n) is 5.54. The highest BCUT2D eigenvalue weighted by molar-refractivity contribution is 5.98. The minimum Gasteiger partial charge on any atom is -0.508 e. The van der Waals surface area contributed by atoms with Gasteiger partial charge in [-0.2, -0.15) is 0 Å². The first kappa shape index (κ1) is 20.7. The number of piperazine rings is 1. The molecule has 0 spiro atoms. The molecule has 0 saturated carbocycles. The van der Waals surface area contributed by atoms with Crippen LogP contribution in [0, 0.1) is 5.92 Å². The van der Waals surface area contributed by atoms with Crippen LogP contribution in [-0.4, -0.2) is 34.0 Å². The lowest BCUT2D eigenvalue weighted by Gasteiger charge is -2.30. The van der Waals surface area contributed by atoms with Crippen LogP contribution in [0.5, 0.6) is 5.75 Å². The van der Waals surface area contributed by atoms with Gasteiger partial charge < -0.3 is 20.7 Å². The largest absolute Gasteiger partial charge is 0.508 e. The van der Waals surface area contributed by atoms with Crippen LogP contribution in [0.3, 0.4) is 0 Å². The van der Waals surface area contributed by atoms with Crippen LogP contribution >= 0.6 is 0 Å². The molecule has 6 nitrogen and oxygen atoms in total. The molecular weight excluding hydrogens is 390 g/mol. The smallest absolute Gasteiger partial charge is 0.243 e. The van der Waals surface area contributed by atoms with Crippen molar-refractivity contribution in [2.45, 2.75) is 38.8 Å². The van der Waals surface area contributed by atoms with Crippen LogP contribution in [0.25, 0.3) is 17.0 Å². The first-order chi connectivity index (χ1) is 14.9. The summed E-state index contributed by atoms with van der Waals surface area (Å²) in [7, 11) is 0. The highest BCUT2D eigenvalue weighted by atomic mass is 16.3. The number of carbonyl (C=O) groups excluding carboxylic acids is 2. The molecule has 2 aromatic carbocycles. The van der Waals surface area contributed by atoms with Gasteiger partial charge in [0.25, 0.3) is 0 Å². The van der Waals surface area contributed by atoms with E-state index >= 15 is 0 Å². The molecule has 31 heavy (non-hydrogen) atoms. The number of allylic oxidation sites excluding steroid dienone is 1. The first-order valence-corrected chi connectivity index (χ1v) is 10.6. The number of phenols is 1. The molecule has 1 fully saturated rings. The number of hydrogen-bond donors (Lipinski definition) is 4. The van der Waals surface area contributed by atoms with E-state index in [0.717, 1.165) is 27.7 Å². The van der Waals surface area contributed by atoms with Crippen molar-refractivity contribution in [2.24, 2.45) is 5.92 Å². The van der Waals surface area contributed by atoms with Crippen molar-refractivity contribution in [1.82, 2.24) is 15.6 Å². The number of carbonyl (C=O) groups is 2. The SMILES string of the molecule is CC(C)/C=C/c1[nH]c2ccccc2c1C[C@H]1NC(=O)[C@H](Cc2ccc(O)cc2)NC1=O. The van der Waals surface area contributed by atoms with Gasteiger partial charge in [-0.3, -0.25) is 9.59 Å². The number of fused-ring (bicyclic) bond motifs is 1. The summed E-state index contributed by atoms with van der Waals surface area (Å²) in [5, 5.41) is 16.3. The van der Waals surface area contributed by atoms with Gasteiger partial charge in [0.15, 0.2) is 0 Å². The van der Waals surface area contributed by atoms with Gasteiger partial charge in [-0.15, -0.1) is 0 Å². The number of phenolic OH excluding ortho intramolecular Hbond substituents is 1. The minimum atomic E-state index is -0.631. The van der Waals surface area contributed by atoms with Crippen molar-refractivity contribution in [3.05, 3.63) is 71.4 Å². The number of benzene rings is 2. The highest BCUT2D eigenvalue weighted by Gasteiger charge is 2.34. The Bertz CT molecular complexity index is 1130. The molecule has 160 valence electrons. The fourth-order valence-electron chi connectivity index (χ4n) is 3.91. The lowest BCUT2D eigenvalue weighted by molar-refractivity contribution is -0.136. The molecule has 0 unspecified atom stereocenters. The van der Waals surface area contributed by atoms with Crippen LogP contribution < -0.4 is 10.6 Å². The fourth-order valence-corrected chi connectivity index (χ4v) is 3.91. The molecule has 0 aliphatic carbocycles. The van der Waals surface area contributed by atoms with E-state index in [-0.39, 0.29) is 17.6 Å². The molecule has 0 radical (unpaired) electrons. The Morgan fingerprint density at radius 1 is 0.935 bits per heavy atom. The van der Waals surface area contributed by atoms with E-state index in [1.807, 2.05) is 24.3 Å². The molecule has 6 heteroatoms. The van der Waals surface area contributed by atoms with E-state index in [0.29, 0.717) is 18.8 Å². The Morgan fingerprint density at radius 2 is 1.58 bits per heavy atom. The second-order valence-corrected chi connectivity index (χ2v) is 8.36. The van der Waals surface area contributed by atoms with E-state index in [1.165, 1.54) is 0 Å². The molecule has 4 rings (SSSR count). The van der Waals surface area contributed by atoms with Crippen LogP contribution in [0.2, 0.25) is 0 Å². The van der Waals surface area contributed by atoms with Gasteiger partial charge in [0.1, 0.15) is 17.8 Å². The van der Waals surface area contributed by atoms with Crippen LogP contribution in [-0.2, 0) is 22.4 Å². The summed E-state index contributed by atoms with van der Waals surface area (Å²) < 4.78 is 0. The standard InChI is InChI=1S/C25H27N3O3/c1-15(2)7-12-21-19(18-5-3-4-6-20(18)26-21)14-23-25(31)27-22(24(30)28-23)13-16-8-10-17(29)11-9-16/h3-12,15,22-23,26,29H,13-14H2,1-2H3,(H,27,31)(H,28,30)/b12-7+/t22-,23+/m0/s1. The second kappa shape index (κ2) is 8.68. The molecule has 2 heterocycles. The minimum absolute atomic E-state index is 0.169. The monoisotopic (exact) mass is 417 g/mol. The maximum atomic E-state index is 12.8. The van der Waals surface area contributed by atoms with Crippen LogP contribution in [0.4, 0.5) is 0 Å². The maximum Gasteiger partial charge on any atom is 0.243 e. The molecule has 2 atom stereocenters. The molecule has 3 aromatic rings. The lowest BCUT2D eigenvalue weighted by Crippen LogP contribution is -2.62. The molecule has 4 N–H and O–H groups in total. The van der Waals surface area contributed by atoms with Crippen molar-refractivity contribution in [2.75, 3.05) is 0 Å². The number of aromatic nitrogens is 1. The van der Waals surface area contributed by atoms with Crippen molar-refractivity contribution < 1.29 is 14.7 Å². The fraction of sp³-hybridized carbons (Fsp3) is 0.280. The Labute approximate surface area is 181 Å². The van der Waals surface area contributed by atoms with E-state index in [9.17, 15) is 14.7 Å². The summed E-state index contributed by atoms with van der Waals surface area (Å²) in [6, 6.07) is 13.4. The summed E-state index contributed by atoms with van der Waals surface area (Å²) in [5.41, 5.74) is 3.86. The van der Waals surface area contributed by atoms with Crippen molar-refractivity contribution in [3.8, 4) is 5.75 Å². The predicted molar refractivity (Wildman–Crippen MR) is 122 cm³/mol. The van der Waals surface area contributed by atoms with Crippen LogP contribution in [0.1, 0.15) is 30.7 Å². The Balaban J connectivity index is 1.53. The van der Waals surface area contributed by atoms with Gasteiger partial charge in [0, 0.05) is 29.4 Å². The lowest BCUT2D eigenvalue weighted by atomic mass is 9.97. The molecule has 1 aromatic heterocycles. The molecule has 1 saturated heterocycles. The third-order valence-corrected chi connectivity index (χ3v) is 5.54. The number of nitrogens with one attached hydrogen (secondary N) is 3. The second-order valence-electron chi connectivity index (χ2n) is 8.36. The number of aromatic amines is 1. The van der Waals surface area contributed by atoms with Crippen molar-refractivity contribution in [1.29, 1.82) is 0 Å². The zero-order chi connectivity index (χ0) is 22.0. The van der Waals surface area contributed by atoms with E-state index in [2.05, 4.69) is 41.6 Å². The highest BCUT2D eigenvalue weighted by Crippen LogP contribution is 2.26. The topological polar surface area (TPSA) is 94.2 Å². The molecular formula is C25H27N3O3. The number of H-pyrrole nitrogens is 1. The van der Waals surface area contributed by atoms with Gasteiger partial charge >= 0.3 is 0 Å². The quantitative estimate of drug-likeness (QED) is 0.496.